The Morgan fingerprint density at radius 2 is 1.78 bits per heavy atom. The highest BCUT2D eigenvalue weighted by Crippen LogP contribution is 2.31. The van der Waals surface area contributed by atoms with Gasteiger partial charge in [-0.2, -0.15) is 13.2 Å². The molecule has 1 aliphatic heterocycles. The predicted molar refractivity (Wildman–Crippen MR) is 96.8 cm³/mol. The van der Waals surface area contributed by atoms with Crippen LogP contribution in [0.2, 0.25) is 0 Å². The molecule has 1 aromatic carbocycles. The average molecular weight is 400 g/mol. The third kappa shape index (κ3) is 5.59. The Balaban J connectivity index is 2.06. The number of hydrogen-bond acceptors (Lipinski definition) is 4. The van der Waals surface area contributed by atoms with E-state index in [1.54, 1.807) is 20.8 Å². The summed E-state index contributed by atoms with van der Waals surface area (Å²) >= 11 is 1.17. The van der Waals surface area contributed by atoms with E-state index in [2.05, 4.69) is 5.32 Å². The van der Waals surface area contributed by atoms with Crippen LogP contribution in [-0.4, -0.2) is 34.8 Å². The van der Waals surface area contributed by atoms with Crippen molar-refractivity contribution < 1.29 is 27.6 Å². The molecule has 0 spiro atoms. The summed E-state index contributed by atoms with van der Waals surface area (Å²) in [6.07, 6.45) is -3.11. The minimum atomic E-state index is -4.46. The van der Waals surface area contributed by atoms with E-state index in [0.29, 0.717) is 5.03 Å². The Kier molecular flexibility index (Phi) is 6.04. The first kappa shape index (κ1) is 21.0. The van der Waals surface area contributed by atoms with Crippen molar-refractivity contribution in [3.8, 4) is 0 Å². The molecule has 1 saturated heterocycles. The Labute approximate surface area is 159 Å². The molecular weight excluding hydrogens is 381 g/mol. The van der Waals surface area contributed by atoms with E-state index < -0.39 is 23.1 Å². The fraction of sp³-hybridized carbons (Fsp3) is 0.389. The van der Waals surface area contributed by atoms with E-state index in [1.165, 1.54) is 22.7 Å². The molecule has 27 heavy (non-hydrogen) atoms. The lowest BCUT2D eigenvalue weighted by molar-refractivity contribution is -0.137. The van der Waals surface area contributed by atoms with Gasteiger partial charge in [0, 0.05) is 17.2 Å². The molecule has 146 valence electrons. The van der Waals surface area contributed by atoms with Crippen LogP contribution in [-0.2, 0) is 20.6 Å². The van der Waals surface area contributed by atoms with Crippen LogP contribution in [0.4, 0.5) is 18.9 Å². The molecule has 1 aromatic rings. The van der Waals surface area contributed by atoms with E-state index >= 15 is 0 Å². The molecule has 1 N–H and O–H groups in total. The van der Waals surface area contributed by atoms with Gasteiger partial charge in [-0.25, -0.2) is 0 Å². The molecule has 0 aromatic heterocycles. The highest BCUT2D eigenvalue weighted by molar-refractivity contribution is 8.04. The summed E-state index contributed by atoms with van der Waals surface area (Å²) in [5, 5.41) is 2.84. The Hall–Kier alpha value is -2.29. The number of benzene rings is 1. The lowest BCUT2D eigenvalue weighted by Gasteiger charge is -2.19. The highest BCUT2D eigenvalue weighted by Gasteiger charge is 2.31. The molecule has 0 aliphatic carbocycles. The second-order valence-corrected chi connectivity index (χ2v) is 7.98. The minimum absolute atomic E-state index is 0.122. The van der Waals surface area contributed by atoms with E-state index in [4.69, 9.17) is 0 Å². The lowest BCUT2D eigenvalue weighted by Crippen LogP contribution is -2.34. The topological polar surface area (TPSA) is 66.5 Å². The van der Waals surface area contributed by atoms with Gasteiger partial charge in [-0.1, -0.05) is 32.5 Å². The number of halogens is 3. The molecule has 0 unspecified atom stereocenters. The van der Waals surface area contributed by atoms with Crippen molar-refractivity contribution in [3.63, 3.8) is 0 Å². The van der Waals surface area contributed by atoms with Crippen molar-refractivity contribution in [2.45, 2.75) is 26.9 Å². The van der Waals surface area contributed by atoms with Gasteiger partial charge in [0.05, 0.1) is 16.3 Å². The first-order valence-corrected chi connectivity index (χ1v) is 9.03. The number of nitrogens with one attached hydrogen (secondary N) is 1. The van der Waals surface area contributed by atoms with Gasteiger partial charge in [0.25, 0.3) is 0 Å². The number of hydrogen-bond donors (Lipinski definition) is 1. The fourth-order valence-corrected chi connectivity index (χ4v) is 3.06. The summed E-state index contributed by atoms with van der Waals surface area (Å²) in [6, 6.07) is 4.00. The third-order valence-electron chi connectivity index (χ3n) is 3.70. The number of ketones is 1. The standard InChI is InChI=1S/C18H19F3N2O3S/c1-17(2,3)13(24)8-16-23(15(26)10-27-16)9-14(25)22-12-6-4-11(5-7-12)18(19,20)21/h4-8H,9-10H2,1-3H3,(H,22,25)/b16-8-. The van der Waals surface area contributed by atoms with E-state index in [-0.39, 0.29) is 29.7 Å². The number of alkyl halides is 3. The van der Waals surface area contributed by atoms with Crippen LogP contribution in [0.25, 0.3) is 0 Å². The van der Waals surface area contributed by atoms with Crippen molar-refractivity contribution in [2.24, 2.45) is 5.41 Å². The van der Waals surface area contributed by atoms with Crippen molar-refractivity contribution in [1.82, 2.24) is 4.90 Å². The summed E-state index contributed by atoms with van der Waals surface area (Å²) in [7, 11) is 0. The van der Waals surface area contributed by atoms with Crippen LogP contribution < -0.4 is 5.32 Å². The first-order chi connectivity index (χ1) is 12.4. The molecule has 0 bridgehead atoms. The minimum Gasteiger partial charge on any atom is -0.325 e. The van der Waals surface area contributed by atoms with Crippen molar-refractivity contribution in [3.05, 3.63) is 40.9 Å². The second kappa shape index (κ2) is 7.75. The number of anilines is 1. The SMILES string of the molecule is CC(C)(C)C(=O)/C=C1\SCC(=O)N1CC(=O)Nc1ccc(C(F)(F)F)cc1. The first-order valence-electron chi connectivity index (χ1n) is 8.04. The molecule has 0 saturated carbocycles. The summed E-state index contributed by atoms with van der Waals surface area (Å²) in [5.74, 6) is -0.931. The zero-order chi connectivity index (χ0) is 20.4. The summed E-state index contributed by atoms with van der Waals surface area (Å²) in [4.78, 5) is 37.5. The monoisotopic (exact) mass is 400 g/mol. The van der Waals surface area contributed by atoms with E-state index in [0.717, 1.165) is 24.3 Å². The fourth-order valence-electron chi connectivity index (χ4n) is 2.12. The molecule has 1 aliphatic rings. The number of allylic oxidation sites excluding steroid dienone is 1. The Morgan fingerprint density at radius 3 is 2.30 bits per heavy atom. The van der Waals surface area contributed by atoms with E-state index in [9.17, 15) is 27.6 Å². The summed E-state index contributed by atoms with van der Waals surface area (Å²) in [6.45, 7) is 4.91. The maximum Gasteiger partial charge on any atom is 0.416 e. The molecule has 1 heterocycles. The van der Waals surface area contributed by atoms with Gasteiger partial charge < -0.3 is 5.32 Å². The normalized spacial score (nSPS) is 16.7. The van der Waals surface area contributed by atoms with Gasteiger partial charge >= 0.3 is 6.18 Å². The summed E-state index contributed by atoms with van der Waals surface area (Å²) < 4.78 is 37.7. The van der Waals surface area contributed by atoms with Crippen LogP contribution >= 0.6 is 11.8 Å². The van der Waals surface area contributed by atoms with Crippen molar-refractivity contribution in [2.75, 3.05) is 17.6 Å². The third-order valence-corrected chi connectivity index (χ3v) is 4.73. The molecule has 1 fully saturated rings. The molecule has 5 nitrogen and oxygen atoms in total. The number of carbonyl (C=O) groups is 3. The van der Waals surface area contributed by atoms with Crippen LogP contribution in [0.5, 0.6) is 0 Å². The molecule has 2 rings (SSSR count). The van der Waals surface area contributed by atoms with Gasteiger partial charge in [-0.15, -0.1) is 0 Å². The van der Waals surface area contributed by atoms with Crippen LogP contribution in [0.15, 0.2) is 35.4 Å². The highest BCUT2D eigenvalue weighted by atomic mass is 32.2. The van der Waals surface area contributed by atoms with Crippen molar-refractivity contribution >= 4 is 35.0 Å². The number of carbonyl (C=O) groups excluding carboxylic acids is 3. The zero-order valence-corrected chi connectivity index (χ0v) is 15.8. The molecular formula is C18H19F3N2O3S. The molecule has 0 radical (unpaired) electrons. The number of amides is 2. The molecule has 2 amide bonds. The maximum atomic E-state index is 12.6. The molecule has 0 atom stereocenters. The van der Waals surface area contributed by atoms with Gasteiger partial charge in [0.1, 0.15) is 6.54 Å². The largest absolute Gasteiger partial charge is 0.416 e. The van der Waals surface area contributed by atoms with Gasteiger partial charge in [0.15, 0.2) is 5.78 Å². The zero-order valence-electron chi connectivity index (χ0n) is 15.0. The number of nitrogens with zero attached hydrogens (tertiary/aromatic N) is 1. The maximum absolute atomic E-state index is 12.6. The predicted octanol–water partition coefficient (Wildman–Crippen LogP) is 3.68. The number of thioether (sulfide) groups is 1. The van der Waals surface area contributed by atoms with Gasteiger partial charge in [-0.3, -0.25) is 19.3 Å². The average Bonchev–Trinajstić information content (AvgIpc) is 2.86. The second-order valence-electron chi connectivity index (χ2n) is 6.99. The summed E-state index contributed by atoms with van der Waals surface area (Å²) in [5.41, 5.74) is -1.26. The van der Waals surface area contributed by atoms with E-state index in [1.807, 2.05) is 0 Å². The smallest absolute Gasteiger partial charge is 0.325 e. The quantitative estimate of drug-likeness (QED) is 0.783. The van der Waals surface area contributed by atoms with Gasteiger partial charge in [0.2, 0.25) is 11.8 Å². The van der Waals surface area contributed by atoms with Crippen LogP contribution in [0, 0.1) is 5.41 Å². The van der Waals surface area contributed by atoms with Gasteiger partial charge in [-0.05, 0) is 24.3 Å². The Bertz CT molecular complexity index is 781. The number of rotatable bonds is 4. The van der Waals surface area contributed by atoms with Crippen molar-refractivity contribution in [1.29, 1.82) is 0 Å². The van der Waals surface area contributed by atoms with Crippen LogP contribution in [0.3, 0.4) is 0 Å². The molecule has 9 heteroatoms. The Morgan fingerprint density at radius 1 is 1.19 bits per heavy atom. The lowest BCUT2D eigenvalue weighted by atomic mass is 9.91. The van der Waals surface area contributed by atoms with Crippen LogP contribution in [0.1, 0.15) is 26.3 Å².